The number of hydrogen-bond acceptors (Lipinski definition) is 8. The molecule has 8 nitrogen and oxygen atoms in total. The predicted molar refractivity (Wildman–Crippen MR) is 93.0 cm³/mol. The van der Waals surface area contributed by atoms with Crippen LogP contribution in [0, 0.1) is 11.3 Å². The van der Waals surface area contributed by atoms with Crippen molar-refractivity contribution in [2.75, 3.05) is 33.9 Å². The van der Waals surface area contributed by atoms with Gasteiger partial charge in [-0.05, 0) is 18.9 Å². The van der Waals surface area contributed by atoms with Crippen LogP contribution in [0.2, 0.25) is 0 Å². The third-order valence-corrected chi connectivity index (χ3v) is 4.78. The largest absolute Gasteiger partial charge is 0.384 e. The van der Waals surface area contributed by atoms with E-state index in [-0.39, 0.29) is 17.3 Å². The highest BCUT2D eigenvalue weighted by Gasteiger charge is 2.52. The Bertz CT molecular complexity index is 485. The molecule has 2 rings (SSSR count). The molecule has 1 saturated heterocycles. The van der Waals surface area contributed by atoms with E-state index in [1.807, 2.05) is 7.05 Å². The van der Waals surface area contributed by atoms with Crippen LogP contribution >= 0.6 is 0 Å². The number of hydrogen-bond donors (Lipinski definition) is 4. The normalized spacial score (nSPS) is 30.6. The van der Waals surface area contributed by atoms with Crippen LogP contribution in [0.1, 0.15) is 27.2 Å². The van der Waals surface area contributed by atoms with Crippen molar-refractivity contribution < 1.29 is 4.74 Å². The minimum atomic E-state index is -0.740. The minimum Gasteiger partial charge on any atom is -0.384 e. The van der Waals surface area contributed by atoms with Crippen molar-refractivity contribution in [3.63, 3.8) is 0 Å². The Morgan fingerprint density at radius 1 is 1.48 bits per heavy atom. The quantitative estimate of drug-likeness (QED) is 0.541. The van der Waals surface area contributed by atoms with E-state index in [4.69, 9.17) is 21.2 Å². The minimum absolute atomic E-state index is 0.0446. The number of nitrogens with zero attached hydrogens (tertiary/aromatic N) is 3. The Balaban J connectivity index is 2.45. The predicted octanol–water partition coefficient (Wildman–Crippen LogP) is -0.525. The molecule has 0 bridgehead atoms. The maximum Gasteiger partial charge on any atom is 0.222 e. The SMILES string of the molecule is CN[C@@H]1CCN(C2([C@@H](COC)C(C)(C)C)N=C(N)N=C(N)N2)C1. The van der Waals surface area contributed by atoms with E-state index >= 15 is 0 Å². The van der Waals surface area contributed by atoms with Gasteiger partial charge in [0.15, 0.2) is 11.7 Å². The molecule has 0 aliphatic carbocycles. The fraction of sp³-hybridized carbons (Fsp3) is 0.867. The molecular weight excluding hydrogens is 294 g/mol. The van der Waals surface area contributed by atoms with Gasteiger partial charge in [0.1, 0.15) is 0 Å². The first-order chi connectivity index (χ1) is 10.7. The molecule has 1 fully saturated rings. The van der Waals surface area contributed by atoms with E-state index in [0.717, 1.165) is 19.5 Å². The van der Waals surface area contributed by atoms with Gasteiger partial charge in [-0.1, -0.05) is 20.8 Å². The molecular formula is C15H31N7O. The van der Waals surface area contributed by atoms with Gasteiger partial charge in [0.05, 0.1) is 6.61 Å². The summed E-state index contributed by atoms with van der Waals surface area (Å²) in [6, 6.07) is 0.424. The zero-order valence-corrected chi connectivity index (χ0v) is 14.9. The molecule has 0 aromatic rings. The maximum absolute atomic E-state index is 6.01. The summed E-state index contributed by atoms with van der Waals surface area (Å²) in [6.45, 7) is 8.85. The molecule has 8 heteroatoms. The molecule has 0 aromatic carbocycles. The van der Waals surface area contributed by atoms with Crippen molar-refractivity contribution in [3.05, 3.63) is 0 Å². The van der Waals surface area contributed by atoms with Crippen LogP contribution in [0.25, 0.3) is 0 Å². The average Bonchev–Trinajstić information content (AvgIpc) is 2.91. The topological polar surface area (TPSA) is 113 Å². The average molecular weight is 325 g/mol. The third kappa shape index (κ3) is 3.59. The van der Waals surface area contributed by atoms with Crippen molar-refractivity contribution in [1.29, 1.82) is 0 Å². The third-order valence-electron chi connectivity index (χ3n) is 4.78. The number of guanidine groups is 2. The molecule has 0 spiro atoms. The second-order valence-corrected chi connectivity index (χ2v) is 7.41. The molecule has 3 atom stereocenters. The number of aliphatic imine (C=N–C) groups is 2. The van der Waals surface area contributed by atoms with Gasteiger partial charge in [0.25, 0.3) is 0 Å². The summed E-state index contributed by atoms with van der Waals surface area (Å²) in [6.07, 6.45) is 1.05. The number of rotatable bonds is 5. The number of ether oxygens (including phenoxy) is 1. The summed E-state index contributed by atoms with van der Waals surface area (Å²) < 4.78 is 5.52. The van der Waals surface area contributed by atoms with Gasteiger partial charge in [-0.2, -0.15) is 4.99 Å². The van der Waals surface area contributed by atoms with Gasteiger partial charge in [-0.3, -0.25) is 4.90 Å². The van der Waals surface area contributed by atoms with E-state index in [9.17, 15) is 0 Å². The van der Waals surface area contributed by atoms with Crippen molar-refractivity contribution in [2.45, 2.75) is 39.0 Å². The summed E-state index contributed by atoms with van der Waals surface area (Å²) in [7, 11) is 3.69. The summed E-state index contributed by atoms with van der Waals surface area (Å²) in [5.74, 6) is -0.186. The van der Waals surface area contributed by atoms with Crippen molar-refractivity contribution in [2.24, 2.45) is 32.8 Å². The smallest absolute Gasteiger partial charge is 0.222 e. The Labute approximate surface area is 138 Å². The number of likely N-dealkylation sites (tertiary alicyclic amines) is 1. The maximum atomic E-state index is 6.01. The molecule has 0 amide bonds. The van der Waals surface area contributed by atoms with E-state index < -0.39 is 5.79 Å². The molecule has 6 N–H and O–H groups in total. The zero-order valence-electron chi connectivity index (χ0n) is 14.9. The van der Waals surface area contributed by atoms with Gasteiger partial charge < -0.3 is 26.8 Å². The molecule has 132 valence electrons. The van der Waals surface area contributed by atoms with Crippen molar-refractivity contribution in [3.8, 4) is 0 Å². The lowest BCUT2D eigenvalue weighted by Gasteiger charge is -2.50. The fourth-order valence-corrected chi connectivity index (χ4v) is 3.54. The van der Waals surface area contributed by atoms with Gasteiger partial charge in [0.2, 0.25) is 5.96 Å². The Morgan fingerprint density at radius 3 is 2.65 bits per heavy atom. The number of nitrogens with two attached hydrogens (primary N) is 2. The molecule has 1 unspecified atom stereocenters. The zero-order chi connectivity index (χ0) is 17.3. The Morgan fingerprint density at radius 2 is 2.17 bits per heavy atom. The lowest BCUT2D eigenvalue weighted by Crippen LogP contribution is -2.69. The first-order valence-corrected chi connectivity index (χ1v) is 8.12. The molecule has 0 saturated carbocycles. The van der Waals surface area contributed by atoms with Crippen LogP contribution in [-0.2, 0) is 4.74 Å². The van der Waals surface area contributed by atoms with E-state index in [2.05, 4.69) is 41.3 Å². The van der Waals surface area contributed by atoms with Gasteiger partial charge in [-0.25, -0.2) is 4.99 Å². The fourth-order valence-electron chi connectivity index (χ4n) is 3.54. The standard InChI is InChI=1S/C15H31N7O/c1-14(2,3)11(9-23-5)15(20-12(16)19-13(17)21-15)22-7-6-10(8-22)18-4/h10-11,18H,6-9H2,1-5H3,(H5,16,17,19,20,21)/t10-,11+/m1/s1. The molecule has 2 heterocycles. The molecule has 2 aliphatic heterocycles. The highest BCUT2D eigenvalue weighted by Crippen LogP contribution is 2.40. The monoisotopic (exact) mass is 325 g/mol. The van der Waals surface area contributed by atoms with Crippen LogP contribution in [-0.4, -0.2) is 62.5 Å². The summed E-state index contributed by atoms with van der Waals surface area (Å²) in [4.78, 5) is 11.1. The summed E-state index contributed by atoms with van der Waals surface area (Å²) in [5, 5.41) is 6.66. The van der Waals surface area contributed by atoms with Gasteiger partial charge >= 0.3 is 0 Å². The molecule has 0 aromatic heterocycles. The second-order valence-electron chi connectivity index (χ2n) is 7.41. The summed E-state index contributed by atoms with van der Waals surface area (Å²) >= 11 is 0. The van der Waals surface area contributed by atoms with Gasteiger partial charge in [-0.15, -0.1) is 0 Å². The summed E-state index contributed by atoms with van der Waals surface area (Å²) in [5.41, 5.74) is 11.9. The number of methoxy groups -OCH3 is 1. The van der Waals surface area contributed by atoms with E-state index in [1.54, 1.807) is 7.11 Å². The highest BCUT2D eigenvalue weighted by molar-refractivity contribution is 5.95. The van der Waals surface area contributed by atoms with Crippen LogP contribution < -0.4 is 22.1 Å². The van der Waals surface area contributed by atoms with Crippen molar-refractivity contribution in [1.82, 2.24) is 15.5 Å². The Kier molecular flexibility index (Phi) is 5.17. The molecule has 2 aliphatic rings. The van der Waals surface area contributed by atoms with Crippen LogP contribution in [0.15, 0.2) is 9.98 Å². The van der Waals surface area contributed by atoms with Crippen LogP contribution in [0.4, 0.5) is 0 Å². The molecule has 23 heavy (non-hydrogen) atoms. The highest BCUT2D eigenvalue weighted by atomic mass is 16.5. The lowest BCUT2D eigenvalue weighted by atomic mass is 9.75. The van der Waals surface area contributed by atoms with E-state index in [1.165, 1.54) is 0 Å². The lowest BCUT2D eigenvalue weighted by molar-refractivity contribution is -0.0500. The second kappa shape index (κ2) is 6.62. The van der Waals surface area contributed by atoms with Crippen LogP contribution in [0.5, 0.6) is 0 Å². The number of nitrogens with one attached hydrogen (secondary N) is 2. The van der Waals surface area contributed by atoms with Crippen LogP contribution in [0.3, 0.4) is 0 Å². The number of likely N-dealkylation sites (N-methyl/N-ethyl adjacent to an activating group) is 1. The van der Waals surface area contributed by atoms with Crippen molar-refractivity contribution >= 4 is 11.9 Å². The first-order valence-electron chi connectivity index (χ1n) is 8.12. The van der Waals surface area contributed by atoms with Gasteiger partial charge in [0, 0.05) is 32.2 Å². The Hall–Kier alpha value is -1.38. The van der Waals surface area contributed by atoms with E-state index in [0.29, 0.717) is 18.6 Å². The molecule has 0 radical (unpaired) electrons. The first kappa shape index (κ1) is 18.0.